The van der Waals surface area contributed by atoms with E-state index in [1.165, 1.54) is 6.08 Å². The van der Waals surface area contributed by atoms with Crippen LogP contribution in [0.2, 0.25) is 0 Å². The normalized spacial score (nSPS) is 12.2. The number of para-hydroxylation sites is 1. The van der Waals surface area contributed by atoms with Crippen molar-refractivity contribution in [1.82, 2.24) is 0 Å². The maximum atomic E-state index is 8.54. The van der Waals surface area contributed by atoms with E-state index in [-0.39, 0.29) is 0 Å². The van der Waals surface area contributed by atoms with Crippen LogP contribution >= 0.6 is 0 Å². The summed E-state index contributed by atoms with van der Waals surface area (Å²) in [5, 5.41) is 11.8. The van der Waals surface area contributed by atoms with Crippen molar-refractivity contribution in [3.8, 4) is 0 Å². The smallest absolute Gasteiger partial charge is 0.0994 e. The Balaban J connectivity index is 2.29. The van der Waals surface area contributed by atoms with Crippen LogP contribution in [0.5, 0.6) is 0 Å². The van der Waals surface area contributed by atoms with Gasteiger partial charge < -0.3 is 15.2 Å². The third-order valence-corrected chi connectivity index (χ3v) is 2.31. The van der Waals surface area contributed by atoms with Gasteiger partial charge >= 0.3 is 0 Å². The summed E-state index contributed by atoms with van der Waals surface area (Å²) in [6.45, 7) is 0.775. The molecule has 0 aliphatic carbocycles. The van der Waals surface area contributed by atoms with Crippen LogP contribution in [0.25, 0.3) is 0 Å². The number of ether oxygens (including phenoxy) is 1. The van der Waals surface area contributed by atoms with E-state index in [0.717, 1.165) is 24.3 Å². The minimum Gasteiger partial charge on any atom is -0.516 e. The molecular formula is C15H19NO2. The summed E-state index contributed by atoms with van der Waals surface area (Å²) in [5.74, 6) is 0.802. The molecular weight excluding hydrogens is 226 g/mol. The number of methoxy groups -OCH3 is 1. The van der Waals surface area contributed by atoms with Crippen LogP contribution in [0, 0.1) is 0 Å². The first-order valence-electron chi connectivity index (χ1n) is 5.84. The number of benzene rings is 1. The highest BCUT2D eigenvalue weighted by atomic mass is 16.5. The van der Waals surface area contributed by atoms with Gasteiger partial charge in [-0.3, -0.25) is 0 Å². The Morgan fingerprint density at radius 3 is 2.72 bits per heavy atom. The lowest BCUT2D eigenvalue weighted by molar-refractivity contribution is 0.285. The average molecular weight is 245 g/mol. The van der Waals surface area contributed by atoms with Crippen LogP contribution in [0.4, 0.5) is 5.69 Å². The lowest BCUT2D eigenvalue weighted by Gasteiger charge is -2.03. The van der Waals surface area contributed by atoms with Crippen LogP contribution in [0.1, 0.15) is 6.42 Å². The van der Waals surface area contributed by atoms with Crippen molar-refractivity contribution >= 4 is 5.69 Å². The third-order valence-electron chi connectivity index (χ3n) is 2.31. The van der Waals surface area contributed by atoms with Gasteiger partial charge in [-0.15, -0.1) is 0 Å². The molecule has 0 saturated carbocycles. The fourth-order valence-electron chi connectivity index (χ4n) is 1.39. The van der Waals surface area contributed by atoms with E-state index in [1.54, 1.807) is 13.2 Å². The van der Waals surface area contributed by atoms with Crippen LogP contribution in [0.15, 0.2) is 66.7 Å². The zero-order chi connectivity index (χ0) is 13.1. The molecule has 18 heavy (non-hydrogen) atoms. The summed E-state index contributed by atoms with van der Waals surface area (Å²) in [6.07, 6.45) is 9.03. The third kappa shape index (κ3) is 5.80. The number of allylic oxidation sites excluding steroid dienone is 3. The monoisotopic (exact) mass is 245 g/mol. The molecule has 3 heteroatoms. The maximum Gasteiger partial charge on any atom is 0.0994 e. The molecule has 0 aromatic heterocycles. The van der Waals surface area contributed by atoms with E-state index in [4.69, 9.17) is 9.84 Å². The molecule has 3 nitrogen and oxygen atoms in total. The van der Waals surface area contributed by atoms with Crippen LogP contribution in [-0.4, -0.2) is 18.8 Å². The Morgan fingerprint density at radius 1 is 1.28 bits per heavy atom. The maximum absolute atomic E-state index is 8.54. The summed E-state index contributed by atoms with van der Waals surface area (Å²) >= 11 is 0. The second-order valence-corrected chi connectivity index (χ2v) is 3.60. The molecule has 0 aliphatic heterocycles. The molecule has 0 aliphatic rings. The summed E-state index contributed by atoms with van der Waals surface area (Å²) in [4.78, 5) is 0. The Labute approximate surface area is 108 Å². The fraction of sp³-hybridized carbons (Fsp3) is 0.200. The Kier molecular flexibility index (Phi) is 6.90. The van der Waals surface area contributed by atoms with Gasteiger partial charge in [0.1, 0.15) is 0 Å². The molecule has 1 rings (SSSR count). The van der Waals surface area contributed by atoms with Crippen molar-refractivity contribution in [2.45, 2.75) is 6.42 Å². The van der Waals surface area contributed by atoms with Gasteiger partial charge in [0.2, 0.25) is 0 Å². The molecule has 1 aromatic rings. The molecule has 0 heterocycles. The average Bonchev–Trinajstić information content (AvgIpc) is 2.43. The van der Waals surface area contributed by atoms with E-state index >= 15 is 0 Å². The number of aliphatic hydroxyl groups is 1. The Morgan fingerprint density at radius 2 is 2.06 bits per heavy atom. The van der Waals surface area contributed by atoms with Crippen molar-refractivity contribution in [3.05, 3.63) is 66.7 Å². The lowest BCUT2D eigenvalue weighted by Crippen LogP contribution is -1.97. The standard InChI is InChI=1S/C15H19NO2/c1-18-15(11-7-13-17)10-5-6-12-16-14-8-3-2-4-9-14/h2-9,11,13,16-17H,10,12H2,1H3/b6-5+,13-7-,15-11+. The van der Waals surface area contributed by atoms with Crippen molar-refractivity contribution in [1.29, 1.82) is 0 Å². The highest BCUT2D eigenvalue weighted by molar-refractivity contribution is 5.42. The van der Waals surface area contributed by atoms with Crippen LogP contribution in [0.3, 0.4) is 0 Å². The topological polar surface area (TPSA) is 41.5 Å². The second-order valence-electron chi connectivity index (χ2n) is 3.60. The minimum absolute atomic E-state index is 0.706. The predicted octanol–water partition coefficient (Wildman–Crippen LogP) is 3.65. The highest BCUT2D eigenvalue weighted by Gasteiger charge is 1.90. The largest absolute Gasteiger partial charge is 0.516 e. The van der Waals surface area contributed by atoms with Crippen LogP contribution < -0.4 is 5.32 Å². The van der Waals surface area contributed by atoms with Gasteiger partial charge in [-0.2, -0.15) is 0 Å². The predicted molar refractivity (Wildman–Crippen MR) is 75.5 cm³/mol. The van der Waals surface area contributed by atoms with Crippen molar-refractivity contribution in [2.75, 3.05) is 19.0 Å². The van der Waals surface area contributed by atoms with E-state index in [0.29, 0.717) is 6.42 Å². The van der Waals surface area contributed by atoms with Gasteiger partial charge in [0.15, 0.2) is 0 Å². The summed E-state index contributed by atoms with van der Waals surface area (Å²) in [7, 11) is 1.62. The molecule has 0 saturated heterocycles. The molecule has 1 aromatic carbocycles. The summed E-state index contributed by atoms with van der Waals surface area (Å²) in [5.41, 5.74) is 1.10. The van der Waals surface area contributed by atoms with Crippen molar-refractivity contribution < 1.29 is 9.84 Å². The molecule has 0 spiro atoms. The SMILES string of the molecule is CO/C(=C/C=C\O)C/C=C/CNc1ccccc1. The Hall–Kier alpha value is -2.16. The lowest BCUT2D eigenvalue weighted by atomic mass is 10.3. The molecule has 0 radical (unpaired) electrons. The van der Waals surface area contributed by atoms with Gasteiger partial charge in [0.25, 0.3) is 0 Å². The van der Waals surface area contributed by atoms with Gasteiger partial charge in [0, 0.05) is 18.7 Å². The number of anilines is 1. The van der Waals surface area contributed by atoms with E-state index in [2.05, 4.69) is 5.32 Å². The van der Waals surface area contributed by atoms with E-state index < -0.39 is 0 Å². The Bertz CT molecular complexity index is 408. The quantitative estimate of drug-likeness (QED) is 0.438. The second kappa shape index (κ2) is 8.93. The number of hydrogen-bond donors (Lipinski definition) is 2. The molecule has 96 valence electrons. The zero-order valence-corrected chi connectivity index (χ0v) is 10.5. The van der Waals surface area contributed by atoms with Gasteiger partial charge in [-0.1, -0.05) is 30.4 Å². The molecule has 0 unspecified atom stereocenters. The molecule has 0 atom stereocenters. The van der Waals surface area contributed by atoms with Gasteiger partial charge in [-0.25, -0.2) is 0 Å². The van der Waals surface area contributed by atoms with Crippen LogP contribution in [-0.2, 0) is 4.74 Å². The number of rotatable bonds is 7. The molecule has 2 N–H and O–H groups in total. The summed E-state index contributed by atoms with van der Waals surface area (Å²) in [6, 6.07) is 10.0. The molecule has 0 bridgehead atoms. The summed E-state index contributed by atoms with van der Waals surface area (Å²) < 4.78 is 5.14. The number of aliphatic hydroxyl groups excluding tert-OH is 1. The highest BCUT2D eigenvalue weighted by Crippen LogP contribution is 2.05. The first-order chi connectivity index (χ1) is 8.86. The van der Waals surface area contributed by atoms with E-state index in [9.17, 15) is 0 Å². The van der Waals surface area contributed by atoms with Gasteiger partial charge in [-0.05, 0) is 24.3 Å². The first-order valence-corrected chi connectivity index (χ1v) is 5.84. The van der Waals surface area contributed by atoms with Crippen molar-refractivity contribution in [2.24, 2.45) is 0 Å². The molecule has 0 amide bonds. The zero-order valence-electron chi connectivity index (χ0n) is 10.5. The van der Waals surface area contributed by atoms with E-state index in [1.807, 2.05) is 42.5 Å². The number of hydrogen-bond acceptors (Lipinski definition) is 3. The first kappa shape index (κ1) is 13.9. The molecule has 0 fully saturated rings. The number of nitrogens with one attached hydrogen (secondary N) is 1. The fourth-order valence-corrected chi connectivity index (χ4v) is 1.39. The van der Waals surface area contributed by atoms with Crippen molar-refractivity contribution in [3.63, 3.8) is 0 Å². The van der Waals surface area contributed by atoms with Gasteiger partial charge in [0.05, 0.1) is 19.1 Å². The minimum atomic E-state index is 0.706.